The van der Waals surface area contributed by atoms with Gasteiger partial charge in [-0.2, -0.15) is 0 Å². The van der Waals surface area contributed by atoms with Gasteiger partial charge in [-0.1, -0.05) is 0 Å². The Morgan fingerprint density at radius 3 is 1.71 bits per heavy atom. The highest BCUT2D eigenvalue weighted by molar-refractivity contribution is 8.88. The van der Waals surface area contributed by atoms with E-state index >= 15 is 0 Å². The summed E-state index contributed by atoms with van der Waals surface area (Å²) in [7, 11) is 2.07. The van der Waals surface area contributed by atoms with Crippen LogP contribution in [0.1, 0.15) is 6.42 Å². The second-order valence-corrected chi connectivity index (χ2v) is 3.33. The number of rotatable bonds is 0. The van der Waals surface area contributed by atoms with Gasteiger partial charge in [0, 0.05) is 0 Å². The molecule has 2 nitrogen and oxygen atoms in total. The molecule has 1 heterocycles. The highest BCUT2D eigenvalue weighted by Gasteiger charge is 2.19. The topological polar surface area (TPSA) is 34.1 Å². The van der Waals surface area contributed by atoms with Gasteiger partial charge in [-0.3, -0.25) is 9.59 Å². The molecule has 1 saturated heterocycles. The second kappa shape index (κ2) is 1.88. The molecule has 0 bridgehead atoms. The van der Waals surface area contributed by atoms with Gasteiger partial charge in [0.15, 0.2) is 0 Å². The molecule has 38 valence electrons. The summed E-state index contributed by atoms with van der Waals surface area (Å²) in [5, 5.41) is -0.0370. The average molecular weight is 134 g/mol. The zero-order valence-corrected chi connectivity index (χ0v) is 4.97. The van der Waals surface area contributed by atoms with E-state index in [-0.39, 0.29) is 16.7 Å². The van der Waals surface area contributed by atoms with Crippen molar-refractivity contribution in [2.24, 2.45) is 0 Å². The van der Waals surface area contributed by atoms with Crippen LogP contribution in [0.25, 0.3) is 0 Å². The summed E-state index contributed by atoms with van der Waals surface area (Å²) < 4.78 is 0. The monoisotopic (exact) mass is 134 g/mol. The van der Waals surface area contributed by atoms with Gasteiger partial charge in [-0.05, 0) is 21.6 Å². The molecule has 0 aromatic carbocycles. The Morgan fingerprint density at radius 2 is 1.57 bits per heavy atom. The van der Waals surface area contributed by atoms with Crippen molar-refractivity contribution >= 4 is 31.8 Å². The summed E-state index contributed by atoms with van der Waals surface area (Å²) in [6, 6.07) is 0. The zero-order valence-electron chi connectivity index (χ0n) is 3.34. The van der Waals surface area contributed by atoms with Crippen LogP contribution in [0, 0.1) is 0 Å². The molecular weight excluding hydrogens is 132 g/mol. The van der Waals surface area contributed by atoms with Crippen molar-refractivity contribution in [2.45, 2.75) is 6.42 Å². The third kappa shape index (κ3) is 1.21. The van der Waals surface area contributed by atoms with Gasteiger partial charge < -0.3 is 0 Å². The Balaban J connectivity index is 2.55. The maximum Gasteiger partial charge on any atom is 0.208 e. The molecule has 0 saturated carbocycles. The lowest BCUT2D eigenvalue weighted by atomic mass is 10.5. The fourth-order valence-electron chi connectivity index (χ4n) is 0.270. The predicted molar refractivity (Wildman–Crippen MR) is 29.8 cm³/mol. The highest BCUT2D eigenvalue weighted by atomic mass is 33.1. The molecule has 0 radical (unpaired) electrons. The first-order valence-corrected chi connectivity index (χ1v) is 3.84. The SMILES string of the molecule is O=C1CC(=O)SS1. The molecule has 0 aromatic heterocycles. The Bertz CT molecular complexity index is 106. The minimum Gasteiger partial charge on any atom is -0.286 e. The van der Waals surface area contributed by atoms with E-state index in [4.69, 9.17) is 0 Å². The molecule has 0 unspecified atom stereocenters. The van der Waals surface area contributed by atoms with Gasteiger partial charge in [-0.15, -0.1) is 0 Å². The van der Waals surface area contributed by atoms with E-state index in [0.717, 1.165) is 21.6 Å². The van der Waals surface area contributed by atoms with Crippen LogP contribution in [0.5, 0.6) is 0 Å². The van der Waals surface area contributed by atoms with E-state index in [1.54, 1.807) is 0 Å². The van der Waals surface area contributed by atoms with Crippen molar-refractivity contribution in [2.75, 3.05) is 0 Å². The molecule has 0 spiro atoms. The molecule has 1 aliphatic rings. The van der Waals surface area contributed by atoms with Crippen LogP contribution in [0.15, 0.2) is 0 Å². The molecule has 0 N–H and O–H groups in total. The molecule has 1 rings (SSSR count). The minimum atomic E-state index is -0.0185. The van der Waals surface area contributed by atoms with Crippen LogP contribution in [-0.2, 0) is 9.59 Å². The average Bonchev–Trinajstić information content (AvgIpc) is 1.87. The van der Waals surface area contributed by atoms with Gasteiger partial charge in [0.1, 0.15) is 0 Å². The van der Waals surface area contributed by atoms with Gasteiger partial charge in [0.25, 0.3) is 0 Å². The first-order valence-electron chi connectivity index (χ1n) is 1.69. The van der Waals surface area contributed by atoms with Crippen LogP contribution in [0.4, 0.5) is 0 Å². The third-order valence-electron chi connectivity index (χ3n) is 0.516. The van der Waals surface area contributed by atoms with Crippen LogP contribution in [0.3, 0.4) is 0 Å². The molecule has 0 amide bonds. The lowest BCUT2D eigenvalue weighted by Gasteiger charge is -1.67. The van der Waals surface area contributed by atoms with Gasteiger partial charge in [0.05, 0.1) is 6.42 Å². The third-order valence-corrected chi connectivity index (χ3v) is 2.63. The van der Waals surface area contributed by atoms with Crippen LogP contribution in [0.2, 0.25) is 0 Å². The summed E-state index contributed by atoms with van der Waals surface area (Å²) in [6.45, 7) is 0. The van der Waals surface area contributed by atoms with Crippen LogP contribution in [-0.4, -0.2) is 10.2 Å². The standard InChI is InChI=1S/C3H2O2S2/c4-2-1-3(5)7-6-2/h1H2. The van der Waals surface area contributed by atoms with Crippen molar-refractivity contribution in [3.05, 3.63) is 0 Å². The van der Waals surface area contributed by atoms with E-state index in [1.165, 1.54) is 0 Å². The Labute approximate surface area is 48.4 Å². The maximum atomic E-state index is 10.2. The Morgan fingerprint density at radius 1 is 1.14 bits per heavy atom. The number of carbonyl (C=O) groups excluding carboxylic acids is 2. The van der Waals surface area contributed by atoms with E-state index in [9.17, 15) is 9.59 Å². The molecule has 7 heavy (non-hydrogen) atoms. The number of hydrogen-bond acceptors (Lipinski definition) is 4. The molecule has 4 heteroatoms. The van der Waals surface area contributed by atoms with Crippen molar-refractivity contribution < 1.29 is 9.59 Å². The fourth-order valence-corrected chi connectivity index (χ4v) is 1.84. The van der Waals surface area contributed by atoms with E-state index in [0.29, 0.717) is 0 Å². The minimum absolute atomic E-state index is 0.0185. The second-order valence-electron chi connectivity index (χ2n) is 1.09. The first kappa shape index (κ1) is 5.18. The summed E-state index contributed by atoms with van der Waals surface area (Å²) in [4.78, 5) is 20.3. The van der Waals surface area contributed by atoms with Gasteiger partial charge in [0.2, 0.25) is 10.2 Å². The van der Waals surface area contributed by atoms with Crippen molar-refractivity contribution in [1.29, 1.82) is 0 Å². The largest absolute Gasteiger partial charge is 0.286 e. The normalized spacial score (nSPS) is 21.1. The summed E-state index contributed by atoms with van der Waals surface area (Å²) in [6.07, 6.45) is 0.120. The van der Waals surface area contributed by atoms with Crippen molar-refractivity contribution in [1.82, 2.24) is 0 Å². The van der Waals surface area contributed by atoms with E-state index in [1.807, 2.05) is 0 Å². The first-order chi connectivity index (χ1) is 3.29. The zero-order chi connectivity index (χ0) is 5.28. The van der Waals surface area contributed by atoms with Gasteiger partial charge >= 0.3 is 0 Å². The summed E-state index contributed by atoms with van der Waals surface area (Å²) >= 11 is 0. The van der Waals surface area contributed by atoms with Gasteiger partial charge in [-0.25, -0.2) is 0 Å². The molecule has 1 aliphatic heterocycles. The predicted octanol–water partition coefficient (Wildman–Crippen LogP) is 0.825. The lowest BCUT2D eigenvalue weighted by Crippen LogP contribution is -1.86. The maximum absolute atomic E-state index is 10.2. The molecular formula is C3H2O2S2. The molecule has 0 aliphatic carbocycles. The molecule has 1 fully saturated rings. The van der Waals surface area contributed by atoms with Crippen LogP contribution >= 0.6 is 21.6 Å². The molecule has 0 atom stereocenters. The lowest BCUT2D eigenvalue weighted by molar-refractivity contribution is -0.117. The van der Waals surface area contributed by atoms with E-state index < -0.39 is 0 Å². The quantitative estimate of drug-likeness (QED) is 0.363. The van der Waals surface area contributed by atoms with Crippen molar-refractivity contribution in [3.63, 3.8) is 0 Å². The Kier molecular flexibility index (Phi) is 1.39. The fraction of sp³-hybridized carbons (Fsp3) is 0.333. The Hall–Kier alpha value is 0.0400. The smallest absolute Gasteiger partial charge is 0.208 e. The summed E-state index contributed by atoms with van der Waals surface area (Å²) in [5.74, 6) is 0. The van der Waals surface area contributed by atoms with E-state index in [2.05, 4.69) is 0 Å². The summed E-state index contributed by atoms with van der Waals surface area (Å²) in [5.41, 5.74) is 0. The van der Waals surface area contributed by atoms with Crippen LogP contribution < -0.4 is 0 Å². The molecule has 0 aromatic rings. The number of hydrogen-bond donors (Lipinski definition) is 0. The highest BCUT2D eigenvalue weighted by Crippen LogP contribution is 2.33. The number of carbonyl (C=O) groups is 2. The van der Waals surface area contributed by atoms with Crippen molar-refractivity contribution in [3.8, 4) is 0 Å².